The number of rotatable bonds is 7. The first-order valence-corrected chi connectivity index (χ1v) is 4.97. The van der Waals surface area contributed by atoms with Gasteiger partial charge in [0.1, 0.15) is 0 Å². The van der Waals surface area contributed by atoms with Crippen molar-refractivity contribution in [3.8, 4) is 0 Å². The van der Waals surface area contributed by atoms with Crippen LogP contribution in [0.5, 0.6) is 0 Å². The Hall–Kier alpha value is -0.620. The molecule has 13 heavy (non-hydrogen) atoms. The summed E-state index contributed by atoms with van der Waals surface area (Å²) < 4.78 is 19.6. The molecule has 0 aliphatic rings. The third-order valence-corrected chi connectivity index (χ3v) is 1.57. The lowest BCUT2D eigenvalue weighted by Crippen LogP contribution is -1.96. The summed E-state index contributed by atoms with van der Waals surface area (Å²) >= 11 is 0. The minimum absolute atomic E-state index is 0.139. The summed E-state index contributed by atoms with van der Waals surface area (Å²) in [7, 11) is -3.99. The highest BCUT2D eigenvalue weighted by atomic mass is 31.2. The highest BCUT2D eigenvalue weighted by Gasteiger charge is 2.26. The predicted molar refractivity (Wildman–Crippen MR) is 42.2 cm³/mol. The van der Waals surface area contributed by atoms with Crippen molar-refractivity contribution >= 4 is 7.75 Å². The van der Waals surface area contributed by atoms with E-state index in [1.165, 1.54) is 0 Å². The highest BCUT2D eigenvalue weighted by Crippen LogP contribution is 2.50. The summed E-state index contributed by atoms with van der Waals surface area (Å²) in [6.45, 7) is 3.48. The van der Waals surface area contributed by atoms with Crippen LogP contribution in [-0.2, 0) is 23.7 Å². The SMILES string of the molecule is CCOOP(=O)(N=[N+]=[N-])OOCC. The molecule has 0 bridgehead atoms. The maximum absolute atomic E-state index is 11.2. The van der Waals surface area contributed by atoms with Gasteiger partial charge < -0.3 is 0 Å². The molecule has 0 saturated heterocycles. The van der Waals surface area contributed by atoms with Gasteiger partial charge in [-0.05, 0) is 19.4 Å². The van der Waals surface area contributed by atoms with Crippen molar-refractivity contribution in [1.29, 1.82) is 0 Å². The van der Waals surface area contributed by atoms with Gasteiger partial charge in [0.25, 0.3) is 0 Å². The molecular formula is C4H10N3O5P. The Morgan fingerprint density at radius 1 is 1.31 bits per heavy atom. The number of azide groups is 1. The first kappa shape index (κ1) is 12.4. The van der Waals surface area contributed by atoms with E-state index in [1.54, 1.807) is 13.8 Å². The molecule has 0 aromatic rings. The normalized spacial score (nSPS) is 10.9. The van der Waals surface area contributed by atoms with Crippen LogP contribution in [0.4, 0.5) is 0 Å². The van der Waals surface area contributed by atoms with E-state index in [9.17, 15) is 4.57 Å². The van der Waals surface area contributed by atoms with Gasteiger partial charge >= 0.3 is 7.75 Å². The van der Waals surface area contributed by atoms with E-state index in [-0.39, 0.29) is 13.2 Å². The van der Waals surface area contributed by atoms with Gasteiger partial charge in [-0.3, -0.25) is 0 Å². The van der Waals surface area contributed by atoms with Crippen LogP contribution in [0.2, 0.25) is 0 Å². The summed E-state index contributed by atoms with van der Waals surface area (Å²) in [5.41, 5.74) is 8.02. The van der Waals surface area contributed by atoms with Crippen molar-refractivity contribution in [2.75, 3.05) is 13.2 Å². The first-order valence-electron chi connectivity index (χ1n) is 3.47. The Kier molecular flexibility index (Phi) is 6.52. The molecule has 0 rings (SSSR count). The maximum Gasteiger partial charge on any atom is 0.473 e. The van der Waals surface area contributed by atoms with E-state index in [2.05, 4.69) is 28.9 Å². The lowest BCUT2D eigenvalue weighted by atomic mass is 10.9. The largest absolute Gasteiger partial charge is 0.473 e. The number of hydrogen-bond acceptors (Lipinski definition) is 5. The molecule has 0 aromatic heterocycles. The zero-order valence-corrected chi connectivity index (χ0v) is 8.14. The molecule has 0 N–H and O–H groups in total. The van der Waals surface area contributed by atoms with Gasteiger partial charge in [-0.2, -0.15) is 0 Å². The van der Waals surface area contributed by atoms with Gasteiger partial charge in [-0.1, -0.05) is 0 Å². The quantitative estimate of drug-likeness (QED) is 0.160. The minimum Gasteiger partial charge on any atom is -0.247 e. The summed E-state index contributed by atoms with van der Waals surface area (Å²) in [4.78, 5) is 13.7. The lowest BCUT2D eigenvalue weighted by molar-refractivity contribution is -0.263. The topological polar surface area (TPSA) is 103 Å². The fourth-order valence-corrected chi connectivity index (χ4v) is 0.990. The molecule has 0 aromatic carbocycles. The fraction of sp³-hybridized carbons (Fsp3) is 1.00. The van der Waals surface area contributed by atoms with E-state index in [0.29, 0.717) is 0 Å². The molecule has 0 radical (unpaired) electrons. The number of hydrogen-bond donors (Lipinski definition) is 0. The van der Waals surface area contributed by atoms with E-state index in [4.69, 9.17) is 5.53 Å². The smallest absolute Gasteiger partial charge is 0.247 e. The second kappa shape index (κ2) is 6.85. The molecule has 0 heterocycles. The zero-order valence-electron chi connectivity index (χ0n) is 7.24. The lowest BCUT2D eigenvalue weighted by Gasteiger charge is -2.08. The van der Waals surface area contributed by atoms with E-state index >= 15 is 0 Å². The van der Waals surface area contributed by atoms with E-state index in [1.807, 2.05) is 0 Å². The van der Waals surface area contributed by atoms with Crippen molar-refractivity contribution in [2.24, 2.45) is 4.88 Å². The molecule has 0 saturated carbocycles. The Labute approximate surface area is 74.8 Å². The molecule has 0 unspecified atom stereocenters. The standard InChI is InChI=1S/C4H10N3O5P/c1-3-9-11-13(8,7-6-5)12-10-4-2/h3-4H2,1-2H3. The van der Waals surface area contributed by atoms with Crippen LogP contribution in [-0.4, -0.2) is 13.2 Å². The fourth-order valence-electron chi connectivity index (χ4n) is 0.330. The highest BCUT2D eigenvalue weighted by molar-refractivity contribution is 7.51. The Morgan fingerprint density at radius 2 is 1.77 bits per heavy atom. The molecule has 0 aliphatic heterocycles. The zero-order chi connectivity index (χ0) is 10.2. The Balaban J connectivity index is 4.16. The molecule has 0 atom stereocenters. The monoisotopic (exact) mass is 211 g/mol. The average Bonchev–Trinajstić information content (AvgIpc) is 2.12. The van der Waals surface area contributed by atoms with Gasteiger partial charge in [0, 0.05) is 9.80 Å². The van der Waals surface area contributed by atoms with Gasteiger partial charge in [-0.25, -0.2) is 14.3 Å². The van der Waals surface area contributed by atoms with Crippen LogP contribution in [0, 0.1) is 0 Å². The van der Waals surface area contributed by atoms with Gasteiger partial charge in [0.2, 0.25) is 0 Å². The van der Waals surface area contributed by atoms with Crippen molar-refractivity contribution in [2.45, 2.75) is 13.8 Å². The van der Waals surface area contributed by atoms with Gasteiger partial charge in [0.15, 0.2) is 0 Å². The summed E-state index contributed by atoms with van der Waals surface area (Å²) in [5, 5.41) is 0. The molecule has 0 spiro atoms. The van der Waals surface area contributed by atoms with E-state index in [0.717, 1.165) is 0 Å². The van der Waals surface area contributed by atoms with Crippen LogP contribution in [0.15, 0.2) is 4.88 Å². The molecular weight excluding hydrogens is 201 g/mol. The molecule has 8 nitrogen and oxygen atoms in total. The summed E-state index contributed by atoms with van der Waals surface area (Å²) in [6, 6.07) is 0. The second-order valence-electron chi connectivity index (χ2n) is 1.61. The maximum atomic E-state index is 11.2. The van der Waals surface area contributed by atoms with Crippen molar-refractivity contribution in [3.05, 3.63) is 10.4 Å². The average molecular weight is 211 g/mol. The molecule has 76 valence electrons. The third-order valence-electron chi connectivity index (χ3n) is 0.679. The van der Waals surface area contributed by atoms with Crippen LogP contribution in [0.3, 0.4) is 0 Å². The molecule has 0 fully saturated rings. The first-order chi connectivity index (χ1) is 6.18. The Morgan fingerprint density at radius 3 is 2.08 bits per heavy atom. The second-order valence-corrected chi connectivity index (χ2v) is 3.02. The minimum atomic E-state index is -3.99. The third kappa shape index (κ3) is 5.59. The molecule has 0 amide bonds. The van der Waals surface area contributed by atoms with E-state index < -0.39 is 7.75 Å². The van der Waals surface area contributed by atoms with Crippen LogP contribution >= 0.6 is 7.75 Å². The van der Waals surface area contributed by atoms with Crippen LogP contribution in [0.1, 0.15) is 13.8 Å². The van der Waals surface area contributed by atoms with Gasteiger partial charge in [-0.15, -0.1) is 9.35 Å². The van der Waals surface area contributed by atoms with Crippen molar-refractivity contribution < 1.29 is 23.7 Å². The number of nitrogens with zero attached hydrogens (tertiary/aromatic N) is 3. The van der Waals surface area contributed by atoms with Crippen LogP contribution < -0.4 is 0 Å². The van der Waals surface area contributed by atoms with Crippen LogP contribution in [0.25, 0.3) is 10.4 Å². The summed E-state index contributed by atoms with van der Waals surface area (Å²) in [6.07, 6.45) is 0. The predicted octanol–water partition coefficient (Wildman–Crippen LogP) is 2.34. The summed E-state index contributed by atoms with van der Waals surface area (Å²) in [5.74, 6) is 0. The van der Waals surface area contributed by atoms with Crippen molar-refractivity contribution in [1.82, 2.24) is 0 Å². The molecule has 0 aliphatic carbocycles. The molecule has 9 heteroatoms. The Bertz CT molecular complexity index is 216. The van der Waals surface area contributed by atoms with Crippen molar-refractivity contribution in [3.63, 3.8) is 0 Å². The van der Waals surface area contributed by atoms with Gasteiger partial charge in [0.05, 0.1) is 13.2 Å².